The molecule has 0 atom stereocenters. The number of rotatable bonds is 4. The Morgan fingerprint density at radius 3 is 2.43 bits per heavy atom. The van der Waals surface area contributed by atoms with Gasteiger partial charge in [-0.15, -0.1) is 0 Å². The van der Waals surface area contributed by atoms with Gasteiger partial charge in [-0.1, -0.05) is 43.3 Å². The molecule has 0 fully saturated rings. The third kappa shape index (κ3) is 3.69. The van der Waals surface area contributed by atoms with E-state index in [4.69, 9.17) is 0 Å². The van der Waals surface area contributed by atoms with Crippen LogP contribution in [0.2, 0.25) is 0 Å². The van der Waals surface area contributed by atoms with E-state index in [0.717, 1.165) is 12.0 Å². The first-order valence-electron chi connectivity index (χ1n) is 6.83. The second-order valence-electron chi connectivity index (χ2n) is 4.71. The van der Waals surface area contributed by atoms with Gasteiger partial charge >= 0.3 is 0 Å². The third-order valence-electron chi connectivity index (χ3n) is 3.25. The summed E-state index contributed by atoms with van der Waals surface area (Å²) in [4.78, 5) is 11.9. The Morgan fingerprint density at radius 1 is 1.14 bits per heavy atom. The molecule has 4 nitrogen and oxygen atoms in total. The standard InChI is InChI=1S/C17H18N2O2/c1-3-13-8-10-14(11-9-13)12(2)18-19-17(21)15-6-4-5-7-16(15)20/h4-11,20H,3H2,1-2H3,(H,19,21)/b18-12-. The average molecular weight is 282 g/mol. The summed E-state index contributed by atoms with van der Waals surface area (Å²) in [6.07, 6.45) is 0.987. The largest absolute Gasteiger partial charge is 0.507 e. The molecule has 2 N–H and O–H groups in total. The summed E-state index contributed by atoms with van der Waals surface area (Å²) in [5.41, 5.74) is 5.57. The number of para-hydroxylation sites is 1. The molecule has 0 unspecified atom stereocenters. The maximum Gasteiger partial charge on any atom is 0.275 e. The van der Waals surface area contributed by atoms with E-state index in [1.165, 1.54) is 11.6 Å². The van der Waals surface area contributed by atoms with Crippen molar-refractivity contribution in [3.63, 3.8) is 0 Å². The smallest absolute Gasteiger partial charge is 0.275 e. The molecule has 21 heavy (non-hydrogen) atoms. The van der Waals surface area contributed by atoms with Crippen LogP contribution in [0, 0.1) is 0 Å². The number of hydrogen-bond acceptors (Lipinski definition) is 3. The molecule has 2 aromatic rings. The van der Waals surface area contributed by atoms with Gasteiger partial charge in [0.1, 0.15) is 5.75 Å². The van der Waals surface area contributed by atoms with E-state index in [1.54, 1.807) is 18.2 Å². The molecule has 0 aliphatic heterocycles. The topological polar surface area (TPSA) is 61.7 Å². The van der Waals surface area contributed by atoms with E-state index in [0.29, 0.717) is 5.71 Å². The number of hydrazone groups is 1. The van der Waals surface area contributed by atoms with Gasteiger partial charge in [-0.25, -0.2) is 5.43 Å². The zero-order chi connectivity index (χ0) is 15.2. The van der Waals surface area contributed by atoms with Crippen molar-refractivity contribution in [3.8, 4) is 5.75 Å². The molecule has 0 bridgehead atoms. The number of aromatic hydroxyl groups is 1. The number of nitrogens with zero attached hydrogens (tertiary/aromatic N) is 1. The Bertz CT molecular complexity index is 661. The number of carbonyl (C=O) groups excluding carboxylic acids is 1. The van der Waals surface area contributed by atoms with Crippen molar-refractivity contribution in [1.82, 2.24) is 5.43 Å². The van der Waals surface area contributed by atoms with Gasteiger partial charge in [-0.05, 0) is 36.6 Å². The van der Waals surface area contributed by atoms with Crippen molar-refractivity contribution in [2.45, 2.75) is 20.3 Å². The first-order chi connectivity index (χ1) is 10.1. The summed E-state index contributed by atoms with van der Waals surface area (Å²) in [6.45, 7) is 3.93. The molecule has 0 radical (unpaired) electrons. The van der Waals surface area contributed by atoms with Crippen LogP contribution >= 0.6 is 0 Å². The first-order valence-corrected chi connectivity index (χ1v) is 6.83. The zero-order valence-corrected chi connectivity index (χ0v) is 12.1. The molecule has 2 rings (SSSR count). The Balaban J connectivity index is 2.09. The highest BCUT2D eigenvalue weighted by Crippen LogP contribution is 2.15. The van der Waals surface area contributed by atoms with Crippen LogP contribution in [0.5, 0.6) is 5.75 Å². The highest BCUT2D eigenvalue weighted by Gasteiger charge is 2.09. The molecule has 0 heterocycles. The molecule has 0 aliphatic carbocycles. The predicted octanol–water partition coefficient (Wildman–Crippen LogP) is 3.11. The van der Waals surface area contributed by atoms with E-state index in [2.05, 4.69) is 17.5 Å². The lowest BCUT2D eigenvalue weighted by Gasteiger charge is -2.05. The molecular formula is C17H18N2O2. The van der Waals surface area contributed by atoms with Gasteiger partial charge in [0.25, 0.3) is 5.91 Å². The maximum atomic E-state index is 11.9. The molecule has 108 valence electrons. The minimum atomic E-state index is -0.433. The third-order valence-corrected chi connectivity index (χ3v) is 3.25. The van der Waals surface area contributed by atoms with E-state index >= 15 is 0 Å². The van der Waals surface area contributed by atoms with Crippen LogP contribution in [-0.2, 0) is 6.42 Å². The van der Waals surface area contributed by atoms with Crippen molar-refractivity contribution in [3.05, 3.63) is 65.2 Å². The van der Waals surface area contributed by atoms with Crippen molar-refractivity contribution < 1.29 is 9.90 Å². The monoisotopic (exact) mass is 282 g/mol. The number of amides is 1. The molecule has 0 saturated heterocycles. The van der Waals surface area contributed by atoms with E-state index in [9.17, 15) is 9.90 Å². The van der Waals surface area contributed by atoms with E-state index in [-0.39, 0.29) is 11.3 Å². The zero-order valence-electron chi connectivity index (χ0n) is 12.1. The fourth-order valence-corrected chi connectivity index (χ4v) is 1.91. The Kier molecular flexibility index (Phi) is 4.72. The summed E-state index contributed by atoms with van der Waals surface area (Å²) >= 11 is 0. The molecule has 0 spiro atoms. The number of aryl methyl sites for hydroxylation is 1. The van der Waals surface area contributed by atoms with Crippen molar-refractivity contribution in [2.24, 2.45) is 5.10 Å². The summed E-state index contributed by atoms with van der Waals surface area (Å²) in [5, 5.41) is 13.7. The lowest BCUT2D eigenvalue weighted by atomic mass is 10.1. The number of benzene rings is 2. The van der Waals surface area contributed by atoms with Crippen molar-refractivity contribution in [2.75, 3.05) is 0 Å². The SMILES string of the molecule is CCc1ccc(/C(C)=N\NC(=O)c2ccccc2O)cc1. The minimum Gasteiger partial charge on any atom is -0.507 e. The predicted molar refractivity (Wildman–Crippen MR) is 83.6 cm³/mol. The molecular weight excluding hydrogens is 264 g/mol. The van der Waals surface area contributed by atoms with Crippen LogP contribution in [0.25, 0.3) is 0 Å². The van der Waals surface area contributed by atoms with Crippen LogP contribution in [0.4, 0.5) is 0 Å². The van der Waals surface area contributed by atoms with Gasteiger partial charge in [0.2, 0.25) is 0 Å². The second kappa shape index (κ2) is 6.70. The first kappa shape index (κ1) is 14.8. The second-order valence-corrected chi connectivity index (χ2v) is 4.71. The summed E-state index contributed by atoms with van der Waals surface area (Å²) in [5.74, 6) is -0.493. The van der Waals surface area contributed by atoms with Crippen molar-refractivity contribution in [1.29, 1.82) is 0 Å². The molecule has 0 saturated carbocycles. The average Bonchev–Trinajstić information content (AvgIpc) is 2.52. The molecule has 2 aromatic carbocycles. The van der Waals surface area contributed by atoms with E-state index in [1.807, 2.05) is 31.2 Å². The quantitative estimate of drug-likeness (QED) is 0.668. The van der Waals surface area contributed by atoms with Gasteiger partial charge in [-0.2, -0.15) is 5.10 Å². The highest BCUT2D eigenvalue weighted by molar-refractivity contribution is 6.01. The van der Waals surface area contributed by atoms with Crippen molar-refractivity contribution >= 4 is 11.6 Å². The number of nitrogens with one attached hydrogen (secondary N) is 1. The van der Waals surface area contributed by atoms with Crippen LogP contribution < -0.4 is 5.43 Å². The van der Waals surface area contributed by atoms with Gasteiger partial charge < -0.3 is 5.11 Å². The Labute approximate surface area is 124 Å². The molecule has 1 amide bonds. The number of phenols is 1. The number of phenolic OH excluding ortho intramolecular Hbond substituents is 1. The van der Waals surface area contributed by atoms with Crippen LogP contribution in [0.15, 0.2) is 53.6 Å². The van der Waals surface area contributed by atoms with E-state index < -0.39 is 5.91 Å². The Hall–Kier alpha value is -2.62. The lowest BCUT2D eigenvalue weighted by molar-refractivity contribution is 0.0952. The fraction of sp³-hybridized carbons (Fsp3) is 0.176. The van der Waals surface area contributed by atoms with Gasteiger partial charge in [0.15, 0.2) is 0 Å². The molecule has 4 heteroatoms. The maximum absolute atomic E-state index is 11.9. The molecule has 0 aromatic heterocycles. The molecule has 0 aliphatic rings. The summed E-state index contributed by atoms with van der Waals surface area (Å²) < 4.78 is 0. The fourth-order valence-electron chi connectivity index (χ4n) is 1.91. The van der Waals surface area contributed by atoms with Crippen LogP contribution in [0.3, 0.4) is 0 Å². The Morgan fingerprint density at radius 2 is 1.81 bits per heavy atom. The minimum absolute atomic E-state index is 0.0600. The van der Waals surface area contributed by atoms with Gasteiger partial charge in [0.05, 0.1) is 11.3 Å². The van der Waals surface area contributed by atoms with Crippen LogP contribution in [-0.4, -0.2) is 16.7 Å². The highest BCUT2D eigenvalue weighted by atomic mass is 16.3. The lowest BCUT2D eigenvalue weighted by Crippen LogP contribution is -2.19. The summed E-state index contributed by atoms with van der Waals surface area (Å²) in [7, 11) is 0. The number of carbonyl (C=O) groups is 1. The number of hydrogen-bond donors (Lipinski definition) is 2. The summed E-state index contributed by atoms with van der Waals surface area (Å²) in [6, 6.07) is 14.4. The van der Waals surface area contributed by atoms with Gasteiger partial charge in [0, 0.05) is 0 Å². The van der Waals surface area contributed by atoms with Crippen LogP contribution in [0.1, 0.15) is 35.3 Å². The normalized spacial score (nSPS) is 11.2. The van der Waals surface area contributed by atoms with Gasteiger partial charge in [-0.3, -0.25) is 4.79 Å².